The molecule has 5 aromatic rings. The van der Waals surface area contributed by atoms with Gasteiger partial charge in [0.25, 0.3) is 0 Å². The van der Waals surface area contributed by atoms with Crippen molar-refractivity contribution in [3.63, 3.8) is 0 Å². The molecule has 0 aromatic heterocycles. The predicted octanol–water partition coefficient (Wildman–Crippen LogP) is 12.2. The molecule has 2 aliphatic heterocycles. The van der Waals surface area contributed by atoms with Crippen LogP contribution in [0.2, 0.25) is 0 Å². The number of hydrogen-bond donors (Lipinski definition) is 0. The summed E-state index contributed by atoms with van der Waals surface area (Å²) in [6.07, 6.45) is 0. The molecule has 45 heavy (non-hydrogen) atoms. The Morgan fingerprint density at radius 1 is 0.489 bits per heavy atom. The normalized spacial score (nSPS) is 14.1. The Balaban J connectivity index is 1.25. The van der Waals surface area contributed by atoms with Gasteiger partial charge in [-0.1, -0.05) is 74.3 Å². The fourth-order valence-corrected chi connectivity index (χ4v) is 11.6. The van der Waals surface area contributed by atoms with Crippen LogP contribution in [-0.2, 0) is 13.1 Å². The molecule has 0 spiro atoms. The second-order valence-electron chi connectivity index (χ2n) is 11.0. The van der Waals surface area contributed by atoms with Crippen LogP contribution in [0.5, 0.6) is 11.5 Å². The Bertz CT molecular complexity index is 1750. The van der Waals surface area contributed by atoms with Crippen LogP contribution in [0.15, 0.2) is 118 Å². The molecule has 7 rings (SSSR count). The molecule has 4 nitrogen and oxygen atoms in total. The molecule has 0 unspecified atom stereocenters. The van der Waals surface area contributed by atoms with Gasteiger partial charge in [0, 0.05) is 57.0 Å². The van der Waals surface area contributed by atoms with Gasteiger partial charge in [0.2, 0.25) is 0 Å². The van der Waals surface area contributed by atoms with Crippen LogP contribution in [0.1, 0.15) is 33.7 Å². The Morgan fingerprint density at radius 3 is 1.33 bits per heavy atom. The quantitative estimate of drug-likeness (QED) is 0.164. The summed E-state index contributed by atoms with van der Waals surface area (Å²) in [7, 11) is 0. The third kappa shape index (κ3) is 6.52. The monoisotopic (exact) mass is 978 g/mol. The fourth-order valence-electron chi connectivity index (χ4n) is 6.07. The summed E-state index contributed by atoms with van der Waals surface area (Å²) in [5.74, 6) is 1.88. The number of halogens is 6. The lowest BCUT2D eigenvalue weighted by Gasteiger charge is -2.34. The molecule has 10 heteroatoms. The number of benzene rings is 5. The fraction of sp³-hybridized carbons (Fsp3) is 0.143. The molecule has 0 aliphatic carbocycles. The van der Waals surface area contributed by atoms with Crippen molar-refractivity contribution >= 4 is 107 Å². The van der Waals surface area contributed by atoms with Crippen LogP contribution in [-0.4, -0.2) is 13.5 Å². The Hall–Kier alpha value is -1.82. The van der Waals surface area contributed by atoms with Crippen molar-refractivity contribution in [2.45, 2.75) is 19.0 Å². The van der Waals surface area contributed by atoms with Gasteiger partial charge >= 0.3 is 0 Å². The molecule has 2 aliphatic rings. The smallest absolute Gasteiger partial charge is 0.161 e. The number of nitrogens with zero attached hydrogens (tertiary/aromatic N) is 2. The van der Waals surface area contributed by atoms with E-state index in [-0.39, 0.29) is 5.92 Å². The molecule has 2 heterocycles. The molecular formula is C35H24Br6N2O2. The highest BCUT2D eigenvalue weighted by molar-refractivity contribution is 9.12. The molecule has 0 fully saturated rings. The first-order valence-corrected chi connectivity index (χ1v) is 18.9. The molecule has 0 radical (unpaired) electrons. The van der Waals surface area contributed by atoms with Gasteiger partial charge in [-0.2, -0.15) is 0 Å². The van der Waals surface area contributed by atoms with Crippen LogP contribution < -0.4 is 19.3 Å². The summed E-state index contributed by atoms with van der Waals surface area (Å²) in [5.41, 5.74) is 8.10. The summed E-state index contributed by atoms with van der Waals surface area (Å²) >= 11 is 22.2. The summed E-state index contributed by atoms with van der Waals surface area (Å²) < 4.78 is 18.6. The number of anilines is 2. The molecule has 0 amide bonds. The zero-order valence-corrected chi connectivity index (χ0v) is 33.1. The van der Waals surface area contributed by atoms with E-state index in [0.29, 0.717) is 13.5 Å². The van der Waals surface area contributed by atoms with Gasteiger partial charge in [-0.05, 0) is 129 Å². The van der Waals surface area contributed by atoms with E-state index in [1.54, 1.807) is 0 Å². The van der Waals surface area contributed by atoms with Gasteiger partial charge < -0.3 is 19.3 Å². The molecule has 228 valence electrons. The zero-order valence-electron chi connectivity index (χ0n) is 23.5. The van der Waals surface area contributed by atoms with Crippen molar-refractivity contribution in [2.24, 2.45) is 0 Å². The number of rotatable bonds is 5. The van der Waals surface area contributed by atoms with E-state index in [0.717, 1.165) is 73.9 Å². The molecule has 5 aromatic carbocycles. The topological polar surface area (TPSA) is 24.9 Å². The first-order valence-electron chi connectivity index (χ1n) is 14.1. The third-order valence-corrected chi connectivity index (χ3v) is 11.4. The lowest BCUT2D eigenvalue weighted by Crippen LogP contribution is -2.32. The SMILES string of the molecule is Brc1cc(Br)c(N2COc3ccc(C(c4ccccc4)c4ccc5c(c4)CN(c4c(Br)cc(Br)cc4Br)CO5)cc3C2)c(Br)c1. The van der Waals surface area contributed by atoms with Crippen molar-refractivity contribution in [3.8, 4) is 11.5 Å². The van der Waals surface area contributed by atoms with Gasteiger partial charge in [0.1, 0.15) is 11.5 Å². The number of fused-ring (bicyclic) bond motifs is 2. The Kier molecular flexibility index (Phi) is 9.43. The zero-order chi connectivity index (χ0) is 31.2. The van der Waals surface area contributed by atoms with Crippen LogP contribution in [0, 0.1) is 0 Å². The summed E-state index contributed by atoms with van der Waals surface area (Å²) in [5, 5.41) is 0. The lowest BCUT2D eigenvalue weighted by molar-refractivity contribution is 0.288. The minimum absolute atomic E-state index is 0.0323. The largest absolute Gasteiger partial charge is 0.473 e. The van der Waals surface area contributed by atoms with Gasteiger partial charge in [-0.3, -0.25) is 0 Å². The van der Waals surface area contributed by atoms with E-state index in [1.165, 1.54) is 16.7 Å². The first-order chi connectivity index (χ1) is 21.7. The van der Waals surface area contributed by atoms with Crippen molar-refractivity contribution in [1.29, 1.82) is 0 Å². The molecule has 0 saturated heterocycles. The standard InChI is InChI=1S/C35H24Br6N2O2/c36-25-12-27(38)34(28(39)13-25)42-16-23-10-21(6-8-31(23)44-18-42)33(20-4-2-1-3-5-20)22-7-9-32-24(11-22)17-43(19-45-32)35-29(40)14-26(37)15-30(35)41/h1-15,33H,16-19H2. The predicted molar refractivity (Wildman–Crippen MR) is 203 cm³/mol. The average molecular weight is 984 g/mol. The van der Waals surface area contributed by atoms with Crippen LogP contribution >= 0.6 is 95.6 Å². The Morgan fingerprint density at radius 2 is 0.911 bits per heavy atom. The minimum atomic E-state index is 0.0323. The van der Waals surface area contributed by atoms with E-state index in [2.05, 4.69) is 196 Å². The highest BCUT2D eigenvalue weighted by atomic mass is 79.9. The maximum atomic E-state index is 6.27. The van der Waals surface area contributed by atoms with E-state index < -0.39 is 0 Å². The van der Waals surface area contributed by atoms with Gasteiger partial charge in [-0.25, -0.2) is 0 Å². The molecule has 0 saturated carbocycles. The summed E-state index contributed by atoms with van der Waals surface area (Å²) in [4.78, 5) is 4.49. The number of ether oxygens (including phenoxy) is 2. The third-order valence-electron chi connectivity index (χ3n) is 8.04. The van der Waals surface area contributed by atoms with Crippen molar-refractivity contribution in [1.82, 2.24) is 0 Å². The maximum Gasteiger partial charge on any atom is 0.161 e. The number of hydrogen-bond acceptors (Lipinski definition) is 4. The Labute approximate surface area is 312 Å². The highest BCUT2D eigenvalue weighted by Crippen LogP contribution is 2.43. The average Bonchev–Trinajstić information content (AvgIpc) is 3.00. The van der Waals surface area contributed by atoms with E-state index in [4.69, 9.17) is 9.47 Å². The second kappa shape index (κ2) is 13.4. The second-order valence-corrected chi connectivity index (χ2v) is 16.2. The molecule has 0 atom stereocenters. The minimum Gasteiger partial charge on any atom is -0.473 e. The van der Waals surface area contributed by atoms with E-state index in [1.807, 2.05) is 0 Å². The molecular weight excluding hydrogens is 960 g/mol. The van der Waals surface area contributed by atoms with Crippen molar-refractivity contribution in [3.05, 3.63) is 146 Å². The first kappa shape index (κ1) is 31.8. The summed E-state index contributed by atoms with van der Waals surface area (Å²) in [6, 6.07) is 32.2. The van der Waals surface area contributed by atoms with Crippen molar-refractivity contribution < 1.29 is 9.47 Å². The van der Waals surface area contributed by atoms with Crippen LogP contribution in [0.4, 0.5) is 11.4 Å². The van der Waals surface area contributed by atoms with Gasteiger partial charge in [-0.15, -0.1) is 0 Å². The van der Waals surface area contributed by atoms with Crippen LogP contribution in [0.25, 0.3) is 0 Å². The van der Waals surface area contributed by atoms with Crippen LogP contribution in [0.3, 0.4) is 0 Å². The van der Waals surface area contributed by atoms with Gasteiger partial charge in [0.05, 0.1) is 11.4 Å². The maximum absolute atomic E-state index is 6.27. The van der Waals surface area contributed by atoms with E-state index >= 15 is 0 Å². The van der Waals surface area contributed by atoms with Crippen molar-refractivity contribution in [2.75, 3.05) is 23.3 Å². The van der Waals surface area contributed by atoms with E-state index in [9.17, 15) is 0 Å². The highest BCUT2D eigenvalue weighted by Gasteiger charge is 2.27. The lowest BCUT2D eigenvalue weighted by atomic mass is 9.83. The molecule has 0 bridgehead atoms. The van der Waals surface area contributed by atoms with Gasteiger partial charge in [0.15, 0.2) is 13.5 Å². The molecule has 0 N–H and O–H groups in total. The summed E-state index contributed by atoms with van der Waals surface area (Å²) in [6.45, 7) is 2.40.